The predicted octanol–water partition coefficient (Wildman–Crippen LogP) is 2.58. The Bertz CT molecular complexity index is 1020. The first-order chi connectivity index (χ1) is 14.6. The van der Waals surface area contributed by atoms with E-state index in [1.54, 1.807) is 25.1 Å². The summed E-state index contributed by atoms with van der Waals surface area (Å²) in [6.45, 7) is 4.55. The van der Waals surface area contributed by atoms with Crippen LogP contribution in [0.5, 0.6) is 0 Å². The molecule has 2 heterocycles. The van der Waals surface area contributed by atoms with Crippen molar-refractivity contribution in [3.8, 4) is 11.5 Å². The number of β-amino-alcohol motifs (C(OH)–C–C–N with tert-alkyl or cyclic N) is 1. The van der Waals surface area contributed by atoms with Crippen molar-refractivity contribution in [2.45, 2.75) is 32.4 Å². The summed E-state index contributed by atoms with van der Waals surface area (Å²) in [5, 5.41) is 21.1. The summed E-state index contributed by atoms with van der Waals surface area (Å²) in [7, 11) is 0. The standard InChI is InChI=1S/C23H26N4O3/c1-16-25-26-23(30-16)19-8-4-7-18(13-19)22(29)24-11-9-21(28)15-27-12-10-17-5-2-3-6-20(17)14-27/h2-8,13,21,28H,9-12,14-15H2,1H3,(H,24,29). The zero-order valence-electron chi connectivity index (χ0n) is 17.0. The maximum absolute atomic E-state index is 12.5. The monoisotopic (exact) mass is 406 g/mol. The van der Waals surface area contributed by atoms with E-state index < -0.39 is 6.10 Å². The van der Waals surface area contributed by atoms with Gasteiger partial charge in [-0.1, -0.05) is 30.3 Å². The van der Waals surface area contributed by atoms with Crippen molar-refractivity contribution in [1.82, 2.24) is 20.4 Å². The van der Waals surface area contributed by atoms with E-state index in [9.17, 15) is 9.90 Å². The van der Waals surface area contributed by atoms with Gasteiger partial charge < -0.3 is 14.8 Å². The van der Waals surface area contributed by atoms with Crippen LogP contribution in [0.25, 0.3) is 11.5 Å². The molecule has 4 rings (SSSR count). The molecule has 1 aliphatic rings. The molecule has 30 heavy (non-hydrogen) atoms. The molecule has 1 amide bonds. The number of nitrogens with one attached hydrogen (secondary N) is 1. The Morgan fingerprint density at radius 1 is 1.20 bits per heavy atom. The first kappa shape index (κ1) is 20.3. The van der Waals surface area contributed by atoms with Crippen LogP contribution in [0.4, 0.5) is 0 Å². The van der Waals surface area contributed by atoms with E-state index in [0.29, 0.717) is 42.4 Å². The summed E-state index contributed by atoms with van der Waals surface area (Å²) in [4.78, 5) is 14.7. The number of nitrogens with zero attached hydrogens (tertiary/aromatic N) is 3. The van der Waals surface area contributed by atoms with Crippen LogP contribution in [0.1, 0.15) is 33.8 Å². The molecule has 156 valence electrons. The Hall–Kier alpha value is -3.03. The molecule has 3 aromatic rings. The van der Waals surface area contributed by atoms with Crippen molar-refractivity contribution in [2.75, 3.05) is 19.6 Å². The SMILES string of the molecule is Cc1nnc(-c2cccc(C(=O)NCCC(O)CN3CCc4ccccc4C3)c2)o1. The van der Waals surface area contributed by atoms with Crippen molar-refractivity contribution in [3.63, 3.8) is 0 Å². The number of hydrogen-bond donors (Lipinski definition) is 2. The number of aromatic nitrogens is 2. The first-order valence-corrected chi connectivity index (χ1v) is 10.2. The fraction of sp³-hybridized carbons (Fsp3) is 0.348. The number of fused-ring (bicyclic) bond motifs is 1. The van der Waals surface area contributed by atoms with Gasteiger partial charge in [-0.3, -0.25) is 9.69 Å². The Morgan fingerprint density at radius 3 is 2.83 bits per heavy atom. The van der Waals surface area contributed by atoms with Crippen LogP contribution in [0.3, 0.4) is 0 Å². The average Bonchev–Trinajstić information content (AvgIpc) is 3.20. The van der Waals surface area contributed by atoms with Crippen molar-refractivity contribution in [1.29, 1.82) is 0 Å². The van der Waals surface area contributed by atoms with Crippen molar-refractivity contribution in [2.24, 2.45) is 0 Å². The minimum absolute atomic E-state index is 0.188. The summed E-state index contributed by atoms with van der Waals surface area (Å²) in [6.07, 6.45) is 1.03. The third-order valence-electron chi connectivity index (χ3n) is 5.34. The number of rotatable bonds is 7. The Labute approximate surface area is 175 Å². The number of aryl methyl sites for hydroxylation is 1. The van der Waals surface area contributed by atoms with Crippen molar-refractivity contribution >= 4 is 5.91 Å². The molecule has 0 fully saturated rings. The quantitative estimate of drug-likeness (QED) is 0.627. The maximum atomic E-state index is 12.5. The second-order valence-electron chi connectivity index (χ2n) is 7.66. The van der Waals surface area contributed by atoms with E-state index >= 15 is 0 Å². The second-order valence-corrected chi connectivity index (χ2v) is 7.66. The molecule has 0 aliphatic carbocycles. The van der Waals surface area contributed by atoms with Crippen LogP contribution in [0.15, 0.2) is 52.9 Å². The number of carbonyl (C=O) groups excluding carboxylic acids is 1. The largest absolute Gasteiger partial charge is 0.421 e. The third-order valence-corrected chi connectivity index (χ3v) is 5.34. The summed E-state index contributed by atoms with van der Waals surface area (Å²) in [6, 6.07) is 15.5. The molecule has 0 radical (unpaired) electrons. The van der Waals surface area contributed by atoms with E-state index in [2.05, 4.69) is 44.7 Å². The highest BCUT2D eigenvalue weighted by atomic mass is 16.4. The van der Waals surface area contributed by atoms with Gasteiger partial charge in [-0.05, 0) is 42.2 Å². The Morgan fingerprint density at radius 2 is 2.03 bits per heavy atom. The number of hydrogen-bond acceptors (Lipinski definition) is 6. The highest BCUT2D eigenvalue weighted by Gasteiger charge is 2.18. The molecular formula is C23H26N4O3. The Kier molecular flexibility index (Phi) is 6.21. The van der Waals surface area contributed by atoms with E-state index in [-0.39, 0.29) is 5.91 Å². The highest BCUT2D eigenvalue weighted by molar-refractivity contribution is 5.95. The number of benzene rings is 2. The molecule has 0 spiro atoms. The van der Waals surface area contributed by atoms with Gasteiger partial charge in [0, 0.05) is 44.2 Å². The van der Waals surface area contributed by atoms with Gasteiger partial charge in [-0.25, -0.2) is 0 Å². The van der Waals surface area contributed by atoms with Gasteiger partial charge in [0.2, 0.25) is 11.8 Å². The molecule has 1 unspecified atom stereocenters. The molecule has 7 nitrogen and oxygen atoms in total. The summed E-state index contributed by atoms with van der Waals surface area (Å²) < 4.78 is 5.42. The fourth-order valence-corrected chi connectivity index (χ4v) is 3.76. The van der Waals surface area contributed by atoms with Crippen molar-refractivity contribution < 1.29 is 14.3 Å². The van der Waals surface area contributed by atoms with Gasteiger partial charge in [0.05, 0.1) is 6.10 Å². The molecule has 1 atom stereocenters. The normalized spacial score (nSPS) is 14.9. The van der Waals surface area contributed by atoms with E-state index in [4.69, 9.17) is 4.42 Å². The number of aliphatic hydroxyl groups excluding tert-OH is 1. The molecule has 2 aromatic carbocycles. The predicted molar refractivity (Wildman–Crippen MR) is 113 cm³/mol. The molecule has 0 bridgehead atoms. The number of carbonyl (C=O) groups is 1. The summed E-state index contributed by atoms with van der Waals surface area (Å²) in [5.41, 5.74) is 3.95. The van der Waals surface area contributed by atoms with Gasteiger partial charge in [-0.2, -0.15) is 0 Å². The average molecular weight is 406 g/mol. The van der Waals surface area contributed by atoms with Gasteiger partial charge in [-0.15, -0.1) is 10.2 Å². The minimum Gasteiger partial charge on any atom is -0.421 e. The maximum Gasteiger partial charge on any atom is 0.251 e. The molecular weight excluding hydrogens is 380 g/mol. The first-order valence-electron chi connectivity index (χ1n) is 10.2. The summed E-state index contributed by atoms with van der Waals surface area (Å²) in [5.74, 6) is 0.680. The van der Waals surface area contributed by atoms with Gasteiger partial charge in [0.15, 0.2) is 0 Å². The van der Waals surface area contributed by atoms with Crippen LogP contribution in [0, 0.1) is 6.92 Å². The highest BCUT2D eigenvalue weighted by Crippen LogP contribution is 2.20. The zero-order chi connectivity index (χ0) is 20.9. The van der Waals surface area contributed by atoms with Crippen LogP contribution in [0.2, 0.25) is 0 Å². The zero-order valence-corrected chi connectivity index (χ0v) is 17.0. The van der Waals surface area contributed by atoms with E-state index in [1.165, 1.54) is 11.1 Å². The third kappa shape index (κ3) is 4.93. The van der Waals surface area contributed by atoms with Gasteiger partial charge in [0.25, 0.3) is 5.91 Å². The minimum atomic E-state index is -0.483. The van der Waals surface area contributed by atoms with Crippen LogP contribution >= 0.6 is 0 Å². The Balaban J connectivity index is 1.25. The number of amides is 1. The lowest BCUT2D eigenvalue weighted by Gasteiger charge is -2.30. The second kappa shape index (κ2) is 9.19. The van der Waals surface area contributed by atoms with Crippen molar-refractivity contribution in [3.05, 3.63) is 71.1 Å². The molecule has 2 N–H and O–H groups in total. The fourth-order valence-electron chi connectivity index (χ4n) is 3.76. The number of aliphatic hydroxyl groups is 1. The van der Waals surface area contributed by atoms with Crippen LogP contribution < -0.4 is 5.32 Å². The summed E-state index contributed by atoms with van der Waals surface area (Å²) >= 11 is 0. The lowest BCUT2D eigenvalue weighted by molar-refractivity contribution is 0.0892. The smallest absolute Gasteiger partial charge is 0.251 e. The van der Waals surface area contributed by atoms with E-state index in [0.717, 1.165) is 19.5 Å². The molecule has 1 aromatic heterocycles. The molecule has 1 aliphatic heterocycles. The lowest BCUT2D eigenvalue weighted by atomic mass is 9.99. The van der Waals surface area contributed by atoms with Gasteiger partial charge in [0.1, 0.15) is 0 Å². The lowest BCUT2D eigenvalue weighted by Crippen LogP contribution is -2.38. The van der Waals surface area contributed by atoms with Gasteiger partial charge >= 0.3 is 0 Å². The van der Waals surface area contributed by atoms with Crippen LogP contribution in [-0.4, -0.2) is 51.8 Å². The van der Waals surface area contributed by atoms with E-state index in [1.807, 2.05) is 6.07 Å². The van der Waals surface area contributed by atoms with Crippen LogP contribution in [-0.2, 0) is 13.0 Å². The molecule has 0 saturated heterocycles. The molecule has 7 heteroatoms. The topological polar surface area (TPSA) is 91.5 Å². The molecule has 0 saturated carbocycles.